The molecule has 1 aliphatic heterocycles. The molecule has 6 nitrogen and oxygen atoms in total. The highest BCUT2D eigenvalue weighted by Gasteiger charge is 2.29. The van der Waals surface area contributed by atoms with Gasteiger partial charge < -0.3 is 19.8 Å². The first-order valence-corrected chi connectivity index (χ1v) is 7.18. The fourth-order valence-electron chi connectivity index (χ4n) is 2.66. The molecule has 0 radical (unpaired) electrons. The Labute approximate surface area is 130 Å². The van der Waals surface area contributed by atoms with Gasteiger partial charge in [-0.2, -0.15) is 0 Å². The van der Waals surface area contributed by atoms with Crippen LogP contribution in [0.5, 0.6) is 0 Å². The minimum absolute atomic E-state index is 0.0524. The Morgan fingerprint density at radius 1 is 1.27 bits per heavy atom. The summed E-state index contributed by atoms with van der Waals surface area (Å²) in [5.41, 5.74) is 1.41. The molecular weight excluding hydrogens is 282 g/mol. The number of carboxylic acids is 1. The topological polar surface area (TPSA) is 64.1 Å². The van der Waals surface area contributed by atoms with E-state index in [1.54, 1.807) is 12.1 Å². The normalized spacial score (nSPS) is 17.0. The van der Waals surface area contributed by atoms with E-state index < -0.39 is 5.97 Å². The maximum Gasteiger partial charge on any atom is 0.323 e. The number of benzene rings is 1. The van der Waals surface area contributed by atoms with Gasteiger partial charge in [0.25, 0.3) is 5.91 Å². The highest BCUT2D eigenvalue weighted by molar-refractivity contribution is 5.97. The van der Waals surface area contributed by atoms with Crippen molar-refractivity contribution < 1.29 is 14.7 Å². The van der Waals surface area contributed by atoms with Crippen LogP contribution >= 0.6 is 0 Å². The lowest BCUT2D eigenvalue weighted by Crippen LogP contribution is -2.35. The van der Waals surface area contributed by atoms with Crippen LogP contribution in [0.15, 0.2) is 36.7 Å². The third-order valence-corrected chi connectivity index (χ3v) is 3.75. The summed E-state index contributed by atoms with van der Waals surface area (Å²) in [5, 5.41) is 8.86. The van der Waals surface area contributed by atoms with Gasteiger partial charge >= 0.3 is 5.97 Å². The number of rotatable bonds is 5. The Morgan fingerprint density at radius 3 is 2.59 bits per heavy atom. The third kappa shape index (κ3) is 3.05. The van der Waals surface area contributed by atoms with Crippen LogP contribution in [0.3, 0.4) is 0 Å². The lowest BCUT2D eigenvalue weighted by atomic mass is 10.0. The first-order valence-electron chi connectivity index (χ1n) is 7.18. The van der Waals surface area contributed by atoms with Crippen molar-refractivity contribution in [3.05, 3.63) is 47.8 Å². The van der Waals surface area contributed by atoms with Crippen molar-refractivity contribution in [2.45, 2.75) is 13.1 Å². The Bertz CT molecular complexity index is 600. The Hall–Kier alpha value is -2.50. The minimum Gasteiger partial charge on any atom is -0.480 e. The van der Waals surface area contributed by atoms with Crippen molar-refractivity contribution in [1.82, 2.24) is 14.7 Å². The zero-order valence-electron chi connectivity index (χ0n) is 13.1. The fraction of sp³-hybridized carbons (Fsp3) is 0.375. The van der Waals surface area contributed by atoms with Crippen LogP contribution in [-0.4, -0.2) is 58.9 Å². The average Bonchev–Trinajstić information content (AvgIpc) is 2.86. The van der Waals surface area contributed by atoms with Gasteiger partial charge in [-0.1, -0.05) is 18.2 Å². The number of carboxylic acid groups (broad SMARTS) is 1. The molecule has 0 aromatic heterocycles. The summed E-state index contributed by atoms with van der Waals surface area (Å²) in [6, 6.07) is 7.35. The van der Waals surface area contributed by atoms with Crippen LogP contribution in [0, 0.1) is 0 Å². The predicted octanol–water partition coefficient (Wildman–Crippen LogP) is 1.58. The van der Waals surface area contributed by atoms with E-state index in [-0.39, 0.29) is 18.6 Å². The highest BCUT2D eigenvalue weighted by atomic mass is 16.4. The first kappa shape index (κ1) is 15.9. The summed E-state index contributed by atoms with van der Waals surface area (Å²) in [6.07, 6.45) is 3.91. The molecule has 6 heteroatoms. The number of carbonyl (C=O) groups excluding carboxylic acids is 1. The van der Waals surface area contributed by atoms with Crippen molar-refractivity contribution in [3.8, 4) is 0 Å². The summed E-state index contributed by atoms with van der Waals surface area (Å²) >= 11 is 0. The van der Waals surface area contributed by atoms with E-state index in [1.807, 2.05) is 36.5 Å². The molecule has 2 rings (SSSR count). The molecule has 0 spiro atoms. The molecule has 0 aliphatic carbocycles. The Kier molecular flexibility index (Phi) is 4.70. The summed E-state index contributed by atoms with van der Waals surface area (Å²) < 4.78 is 0. The molecular formula is C16H21N3O3. The van der Waals surface area contributed by atoms with Gasteiger partial charge in [0.1, 0.15) is 12.7 Å². The Morgan fingerprint density at radius 2 is 1.95 bits per heavy atom. The summed E-state index contributed by atoms with van der Waals surface area (Å²) in [4.78, 5) is 28.8. The predicted molar refractivity (Wildman–Crippen MR) is 83.1 cm³/mol. The number of hydrogen-bond acceptors (Lipinski definition) is 4. The second-order valence-electron chi connectivity index (χ2n) is 5.31. The van der Waals surface area contributed by atoms with Gasteiger partial charge in [0, 0.05) is 44.2 Å². The number of aliphatic carboxylic acids is 1. The van der Waals surface area contributed by atoms with Crippen molar-refractivity contribution in [3.63, 3.8) is 0 Å². The number of likely N-dealkylation sites (N-methyl/N-ethyl adjacent to an activating group) is 1. The van der Waals surface area contributed by atoms with Crippen molar-refractivity contribution >= 4 is 11.9 Å². The number of hydrogen-bond donors (Lipinski definition) is 1. The Balaban J connectivity index is 2.35. The van der Waals surface area contributed by atoms with Gasteiger partial charge in [-0.25, -0.2) is 0 Å². The van der Waals surface area contributed by atoms with Crippen LogP contribution in [0.1, 0.15) is 29.0 Å². The molecule has 0 bridgehead atoms. The number of amides is 1. The molecule has 0 saturated carbocycles. The summed E-state index contributed by atoms with van der Waals surface area (Å²) in [6.45, 7) is 2.56. The number of nitrogens with zero attached hydrogens (tertiary/aromatic N) is 3. The van der Waals surface area contributed by atoms with E-state index in [0.717, 1.165) is 12.1 Å². The third-order valence-electron chi connectivity index (χ3n) is 3.75. The van der Waals surface area contributed by atoms with Gasteiger partial charge in [0.2, 0.25) is 0 Å². The van der Waals surface area contributed by atoms with E-state index in [4.69, 9.17) is 5.11 Å². The largest absolute Gasteiger partial charge is 0.480 e. The molecule has 1 unspecified atom stereocenters. The molecule has 1 heterocycles. The van der Waals surface area contributed by atoms with Gasteiger partial charge in [0.05, 0.1) is 0 Å². The lowest BCUT2D eigenvalue weighted by molar-refractivity contribution is -0.137. The zero-order valence-corrected chi connectivity index (χ0v) is 13.1. The first-order chi connectivity index (χ1) is 10.5. The molecule has 0 saturated heterocycles. The van der Waals surface area contributed by atoms with E-state index in [0.29, 0.717) is 5.56 Å². The average molecular weight is 303 g/mol. The molecule has 1 atom stereocenters. The van der Waals surface area contributed by atoms with E-state index in [2.05, 4.69) is 11.8 Å². The van der Waals surface area contributed by atoms with Crippen LogP contribution in [-0.2, 0) is 4.79 Å². The molecule has 1 N–H and O–H groups in total. The minimum atomic E-state index is -1.02. The van der Waals surface area contributed by atoms with E-state index in [9.17, 15) is 9.59 Å². The zero-order chi connectivity index (χ0) is 16.3. The highest BCUT2D eigenvalue weighted by Crippen LogP contribution is 2.31. The fourth-order valence-corrected chi connectivity index (χ4v) is 2.66. The van der Waals surface area contributed by atoms with Crippen LogP contribution in [0.25, 0.3) is 0 Å². The van der Waals surface area contributed by atoms with Crippen molar-refractivity contribution in [2.24, 2.45) is 0 Å². The van der Waals surface area contributed by atoms with Crippen LogP contribution in [0.2, 0.25) is 0 Å². The van der Waals surface area contributed by atoms with Gasteiger partial charge in [-0.15, -0.1) is 0 Å². The summed E-state index contributed by atoms with van der Waals surface area (Å²) in [5.74, 6) is -1.31. The van der Waals surface area contributed by atoms with Gasteiger partial charge in [-0.3, -0.25) is 9.59 Å². The molecule has 1 aromatic carbocycles. The van der Waals surface area contributed by atoms with Crippen molar-refractivity contribution in [2.75, 3.05) is 27.2 Å². The maximum atomic E-state index is 12.6. The monoisotopic (exact) mass is 303 g/mol. The van der Waals surface area contributed by atoms with Crippen molar-refractivity contribution in [1.29, 1.82) is 0 Å². The smallest absolute Gasteiger partial charge is 0.323 e. The molecule has 22 heavy (non-hydrogen) atoms. The van der Waals surface area contributed by atoms with Crippen LogP contribution in [0.4, 0.5) is 0 Å². The van der Waals surface area contributed by atoms with E-state index in [1.165, 1.54) is 11.9 Å². The SMILES string of the molecule is CCN1C=CN(C)C1c1ccccc1C(=O)N(C)CC(=O)O. The molecule has 118 valence electrons. The van der Waals surface area contributed by atoms with Gasteiger partial charge in [-0.05, 0) is 13.0 Å². The molecule has 1 aliphatic rings. The maximum absolute atomic E-state index is 12.6. The molecule has 1 aromatic rings. The second kappa shape index (κ2) is 6.51. The van der Waals surface area contributed by atoms with E-state index >= 15 is 0 Å². The quantitative estimate of drug-likeness (QED) is 0.895. The summed E-state index contributed by atoms with van der Waals surface area (Å²) in [7, 11) is 3.46. The second-order valence-corrected chi connectivity index (χ2v) is 5.31. The number of carbonyl (C=O) groups is 2. The molecule has 0 fully saturated rings. The van der Waals surface area contributed by atoms with Gasteiger partial charge in [0.15, 0.2) is 0 Å². The lowest BCUT2D eigenvalue weighted by Gasteiger charge is -2.31. The van der Waals surface area contributed by atoms with Crippen LogP contribution < -0.4 is 0 Å². The molecule has 1 amide bonds. The standard InChI is InChI=1S/C16H21N3O3/c1-4-19-10-9-17(2)15(19)12-7-5-6-8-13(12)16(22)18(3)11-14(20)21/h5-10,15H,4,11H2,1-3H3,(H,20,21).